The van der Waals surface area contributed by atoms with E-state index in [1.54, 1.807) is 0 Å². The van der Waals surface area contributed by atoms with Gasteiger partial charge in [0.25, 0.3) is 0 Å². The van der Waals surface area contributed by atoms with E-state index in [1.807, 2.05) is 4.68 Å². The number of hydrogen-bond donors (Lipinski definition) is 1. The Morgan fingerprint density at radius 2 is 2.00 bits per heavy atom. The van der Waals surface area contributed by atoms with E-state index in [2.05, 4.69) is 40.8 Å². The Labute approximate surface area is 98.5 Å². The average Bonchev–Trinajstić information content (AvgIpc) is 2.95. The van der Waals surface area contributed by atoms with Crippen molar-refractivity contribution >= 4 is 16.7 Å². The van der Waals surface area contributed by atoms with Crippen LogP contribution in [-0.4, -0.2) is 14.0 Å². The van der Waals surface area contributed by atoms with Gasteiger partial charge in [-0.25, -0.2) is 4.98 Å². The zero-order chi connectivity index (χ0) is 11.1. The van der Waals surface area contributed by atoms with Crippen LogP contribution < -0.4 is 5.43 Å². The molecule has 0 spiro atoms. The van der Waals surface area contributed by atoms with E-state index in [4.69, 9.17) is 0 Å². The first-order valence-electron chi connectivity index (χ1n) is 5.49. The van der Waals surface area contributed by atoms with Crippen LogP contribution in [-0.2, 0) is 0 Å². The molecule has 2 aromatic rings. The zero-order valence-electron chi connectivity index (χ0n) is 9.40. The Morgan fingerprint density at radius 1 is 1.31 bits per heavy atom. The molecule has 16 heavy (non-hydrogen) atoms. The van der Waals surface area contributed by atoms with Crippen molar-refractivity contribution in [2.24, 2.45) is 0 Å². The first kappa shape index (κ1) is 9.84. The molecule has 0 amide bonds. The molecule has 0 unspecified atom stereocenters. The Kier molecular flexibility index (Phi) is 2.21. The molecule has 2 aromatic heterocycles. The molecule has 5 heteroatoms. The normalized spacial score (nSPS) is 15.4. The van der Waals surface area contributed by atoms with Crippen molar-refractivity contribution in [3.63, 3.8) is 0 Å². The largest absolute Gasteiger partial charge is 0.268 e. The highest BCUT2D eigenvalue weighted by molar-refractivity contribution is 7.09. The summed E-state index contributed by atoms with van der Waals surface area (Å²) in [7, 11) is 0. The summed E-state index contributed by atoms with van der Waals surface area (Å²) in [5, 5.41) is 0.879. The van der Waals surface area contributed by atoms with Crippen molar-refractivity contribution in [2.75, 3.05) is 5.43 Å². The predicted octanol–water partition coefficient (Wildman–Crippen LogP) is 2.71. The third kappa shape index (κ3) is 1.71. The maximum atomic E-state index is 4.50. The molecule has 1 fully saturated rings. The minimum Gasteiger partial charge on any atom is -0.268 e. The first-order valence-corrected chi connectivity index (χ1v) is 6.27. The molecule has 3 rings (SSSR count). The van der Waals surface area contributed by atoms with Gasteiger partial charge in [0.05, 0.1) is 0 Å². The molecule has 1 aliphatic rings. The van der Waals surface area contributed by atoms with Crippen molar-refractivity contribution < 1.29 is 0 Å². The summed E-state index contributed by atoms with van der Waals surface area (Å²) in [6.45, 7) is 4.14. The Hall–Kier alpha value is -1.36. The zero-order valence-corrected chi connectivity index (χ0v) is 10.2. The standard InChI is InChI=1S/C11H14N4S/c1-7-3-4-8(2)15(7)13-11-12-10(14-16-11)9-5-6-9/h3-4,9H,5-6H2,1-2H3,(H,12,13,14). The number of rotatable bonds is 3. The molecule has 0 aliphatic heterocycles. The fourth-order valence-corrected chi connectivity index (χ4v) is 2.36. The van der Waals surface area contributed by atoms with Gasteiger partial charge in [-0.15, -0.1) is 0 Å². The topological polar surface area (TPSA) is 42.7 Å². The minimum absolute atomic E-state index is 0.624. The molecular weight excluding hydrogens is 220 g/mol. The van der Waals surface area contributed by atoms with Crippen molar-refractivity contribution in [1.29, 1.82) is 0 Å². The fourth-order valence-electron chi connectivity index (χ4n) is 1.73. The molecular formula is C11H14N4S. The van der Waals surface area contributed by atoms with Crippen molar-refractivity contribution in [1.82, 2.24) is 14.0 Å². The Balaban J connectivity index is 1.82. The van der Waals surface area contributed by atoms with Gasteiger partial charge in [0.2, 0.25) is 5.13 Å². The highest BCUT2D eigenvalue weighted by Crippen LogP contribution is 2.39. The molecule has 0 atom stereocenters. The van der Waals surface area contributed by atoms with Gasteiger partial charge >= 0.3 is 0 Å². The molecule has 4 nitrogen and oxygen atoms in total. The van der Waals surface area contributed by atoms with Gasteiger partial charge in [0.15, 0.2) is 0 Å². The van der Waals surface area contributed by atoms with Crippen LogP contribution in [0.25, 0.3) is 0 Å². The summed E-state index contributed by atoms with van der Waals surface area (Å²) < 4.78 is 6.41. The smallest absolute Gasteiger partial charge is 0.221 e. The van der Waals surface area contributed by atoms with Crippen LogP contribution in [0.1, 0.15) is 36.0 Å². The van der Waals surface area contributed by atoms with Crippen LogP contribution in [0, 0.1) is 13.8 Å². The highest BCUT2D eigenvalue weighted by atomic mass is 32.1. The second-order valence-corrected chi connectivity index (χ2v) is 5.05. The van der Waals surface area contributed by atoms with Gasteiger partial charge in [-0.3, -0.25) is 10.1 Å². The third-order valence-electron chi connectivity index (χ3n) is 2.86. The number of nitrogens with one attached hydrogen (secondary N) is 1. The molecule has 1 aliphatic carbocycles. The SMILES string of the molecule is Cc1ccc(C)n1Nc1nc(C2CC2)ns1. The van der Waals surface area contributed by atoms with E-state index in [0.717, 1.165) is 11.0 Å². The van der Waals surface area contributed by atoms with Crippen molar-refractivity contribution in [3.8, 4) is 0 Å². The van der Waals surface area contributed by atoms with Gasteiger partial charge < -0.3 is 0 Å². The summed E-state index contributed by atoms with van der Waals surface area (Å²) >= 11 is 1.44. The van der Waals surface area contributed by atoms with Crippen LogP contribution >= 0.6 is 11.5 Å². The molecule has 1 N–H and O–H groups in total. The van der Waals surface area contributed by atoms with Crippen LogP contribution in [0.5, 0.6) is 0 Å². The lowest BCUT2D eigenvalue weighted by Crippen LogP contribution is -2.11. The Morgan fingerprint density at radius 3 is 2.62 bits per heavy atom. The van der Waals surface area contributed by atoms with Gasteiger partial charge in [-0.2, -0.15) is 4.37 Å². The summed E-state index contributed by atoms with van der Waals surface area (Å²) in [5.74, 6) is 1.63. The number of aryl methyl sites for hydroxylation is 2. The molecule has 0 saturated heterocycles. The molecule has 0 radical (unpaired) electrons. The summed E-state index contributed by atoms with van der Waals surface area (Å²) in [5.41, 5.74) is 5.65. The molecule has 0 aromatic carbocycles. The fraction of sp³-hybridized carbons (Fsp3) is 0.455. The van der Waals surface area contributed by atoms with Gasteiger partial charge in [0, 0.05) is 28.8 Å². The van der Waals surface area contributed by atoms with Gasteiger partial charge in [-0.05, 0) is 38.8 Å². The second-order valence-electron chi connectivity index (χ2n) is 4.30. The number of hydrogen-bond acceptors (Lipinski definition) is 4. The number of anilines is 1. The molecule has 1 saturated carbocycles. The quantitative estimate of drug-likeness (QED) is 0.888. The third-order valence-corrected chi connectivity index (χ3v) is 3.50. The molecule has 84 valence electrons. The number of aromatic nitrogens is 3. The molecule has 0 bridgehead atoms. The number of nitrogens with zero attached hydrogens (tertiary/aromatic N) is 3. The van der Waals surface area contributed by atoms with Gasteiger partial charge in [0.1, 0.15) is 5.82 Å². The summed E-state index contributed by atoms with van der Waals surface area (Å²) in [6, 6.07) is 4.18. The lowest BCUT2D eigenvalue weighted by Gasteiger charge is -2.08. The van der Waals surface area contributed by atoms with Crippen LogP contribution in [0.3, 0.4) is 0 Å². The monoisotopic (exact) mass is 234 g/mol. The lowest BCUT2D eigenvalue weighted by molar-refractivity contribution is 0.872. The van der Waals surface area contributed by atoms with Gasteiger partial charge in [-0.1, -0.05) is 0 Å². The van der Waals surface area contributed by atoms with Crippen LogP contribution in [0.4, 0.5) is 5.13 Å². The lowest BCUT2D eigenvalue weighted by atomic mass is 10.4. The highest BCUT2D eigenvalue weighted by Gasteiger charge is 2.27. The van der Waals surface area contributed by atoms with E-state index in [1.165, 1.54) is 35.8 Å². The van der Waals surface area contributed by atoms with E-state index < -0.39 is 0 Å². The first-order chi connectivity index (χ1) is 7.74. The second kappa shape index (κ2) is 3.59. The van der Waals surface area contributed by atoms with Crippen molar-refractivity contribution in [2.45, 2.75) is 32.6 Å². The minimum atomic E-state index is 0.624. The van der Waals surface area contributed by atoms with E-state index in [-0.39, 0.29) is 0 Å². The maximum absolute atomic E-state index is 4.50. The van der Waals surface area contributed by atoms with Crippen LogP contribution in [0.2, 0.25) is 0 Å². The van der Waals surface area contributed by atoms with Crippen molar-refractivity contribution in [3.05, 3.63) is 29.3 Å². The average molecular weight is 234 g/mol. The maximum Gasteiger partial charge on any atom is 0.221 e. The Bertz CT molecular complexity index is 490. The predicted molar refractivity (Wildman–Crippen MR) is 64.8 cm³/mol. The van der Waals surface area contributed by atoms with E-state index >= 15 is 0 Å². The van der Waals surface area contributed by atoms with Crippen LogP contribution in [0.15, 0.2) is 12.1 Å². The van der Waals surface area contributed by atoms with E-state index in [9.17, 15) is 0 Å². The summed E-state index contributed by atoms with van der Waals surface area (Å²) in [6.07, 6.45) is 2.50. The summed E-state index contributed by atoms with van der Waals surface area (Å²) in [4.78, 5) is 4.50. The van der Waals surface area contributed by atoms with E-state index in [0.29, 0.717) is 5.92 Å². The molecule has 2 heterocycles.